The van der Waals surface area contributed by atoms with E-state index in [1.165, 1.54) is 18.2 Å². The van der Waals surface area contributed by atoms with E-state index < -0.39 is 9.84 Å². The number of hydrogen-bond acceptors (Lipinski definition) is 2. The predicted octanol–water partition coefficient (Wildman–Crippen LogP) is 3.28. The molecule has 0 aromatic heterocycles. The normalized spacial score (nSPS) is 11.4. The van der Waals surface area contributed by atoms with Gasteiger partial charge in [-0.2, -0.15) is 0 Å². The van der Waals surface area contributed by atoms with Crippen molar-refractivity contribution in [2.45, 2.75) is 16.7 Å². The van der Waals surface area contributed by atoms with Gasteiger partial charge >= 0.3 is 0 Å². The van der Waals surface area contributed by atoms with E-state index in [0.717, 1.165) is 5.56 Å². The fraction of sp³-hybridized carbons (Fsp3) is 0.0769. The molecule has 2 nitrogen and oxygen atoms in total. The van der Waals surface area contributed by atoms with E-state index in [4.69, 9.17) is 11.6 Å². The van der Waals surface area contributed by atoms with Gasteiger partial charge in [-0.05, 0) is 55.0 Å². The Morgan fingerprint density at radius 3 is 2.29 bits per heavy atom. The lowest BCUT2D eigenvalue weighted by Gasteiger charge is -2.05. The van der Waals surface area contributed by atoms with Gasteiger partial charge in [-0.15, -0.1) is 0 Å². The van der Waals surface area contributed by atoms with Gasteiger partial charge in [0.15, 0.2) is 0 Å². The van der Waals surface area contributed by atoms with Crippen molar-refractivity contribution in [3.8, 4) is 0 Å². The molecule has 0 aliphatic carbocycles. The Morgan fingerprint density at radius 2 is 1.71 bits per heavy atom. The van der Waals surface area contributed by atoms with Gasteiger partial charge in [0.2, 0.25) is 9.84 Å². The van der Waals surface area contributed by atoms with Gasteiger partial charge in [0.1, 0.15) is 0 Å². The van der Waals surface area contributed by atoms with Gasteiger partial charge in [0, 0.05) is 5.02 Å². The van der Waals surface area contributed by atoms with Crippen LogP contribution in [0, 0.1) is 13.0 Å². The van der Waals surface area contributed by atoms with Crippen LogP contribution in [0.2, 0.25) is 5.02 Å². The minimum Gasteiger partial charge on any atom is -0.219 e. The smallest absolute Gasteiger partial charge is 0.206 e. The maximum absolute atomic E-state index is 12.2. The first kappa shape index (κ1) is 12.1. The molecule has 0 fully saturated rings. The minimum atomic E-state index is -3.46. The average molecular weight is 266 g/mol. The highest BCUT2D eigenvalue weighted by atomic mass is 35.5. The van der Waals surface area contributed by atoms with Crippen molar-refractivity contribution in [1.29, 1.82) is 0 Å². The molecule has 0 aliphatic rings. The number of halogens is 1. The van der Waals surface area contributed by atoms with E-state index in [9.17, 15) is 8.42 Å². The van der Waals surface area contributed by atoms with Crippen molar-refractivity contribution in [2.24, 2.45) is 0 Å². The van der Waals surface area contributed by atoms with Crippen LogP contribution in [0.4, 0.5) is 0 Å². The molecule has 0 saturated carbocycles. The maximum Gasteiger partial charge on any atom is 0.206 e. The highest BCUT2D eigenvalue weighted by Gasteiger charge is 2.17. The molecule has 87 valence electrons. The molecule has 0 atom stereocenters. The zero-order valence-corrected chi connectivity index (χ0v) is 10.7. The summed E-state index contributed by atoms with van der Waals surface area (Å²) in [6.07, 6.45) is 0. The fourth-order valence-corrected chi connectivity index (χ4v) is 2.95. The van der Waals surface area contributed by atoms with Gasteiger partial charge in [0.25, 0.3) is 0 Å². The van der Waals surface area contributed by atoms with Crippen LogP contribution in [0.1, 0.15) is 5.56 Å². The molecule has 0 unspecified atom stereocenters. The Labute approximate surface area is 106 Å². The average Bonchev–Trinajstić information content (AvgIpc) is 2.29. The summed E-state index contributed by atoms with van der Waals surface area (Å²) in [5, 5.41) is 0.515. The molecular formula is C13H10ClO2S. The Hall–Kier alpha value is -1.32. The first-order chi connectivity index (χ1) is 8.00. The van der Waals surface area contributed by atoms with E-state index in [1.807, 2.05) is 0 Å². The van der Waals surface area contributed by atoms with Crippen molar-refractivity contribution >= 4 is 21.4 Å². The Kier molecular flexibility index (Phi) is 3.22. The highest BCUT2D eigenvalue weighted by molar-refractivity contribution is 7.91. The van der Waals surface area contributed by atoms with Crippen LogP contribution in [0.15, 0.2) is 52.3 Å². The summed E-state index contributed by atoms with van der Waals surface area (Å²) in [5.41, 5.74) is 0.792. The van der Waals surface area contributed by atoms with E-state index in [0.29, 0.717) is 5.02 Å². The summed E-state index contributed by atoms with van der Waals surface area (Å²) in [5.74, 6) is 0. The Morgan fingerprint density at radius 1 is 1.06 bits per heavy atom. The monoisotopic (exact) mass is 265 g/mol. The molecule has 2 rings (SSSR count). The van der Waals surface area contributed by atoms with Crippen LogP contribution in [0.5, 0.6) is 0 Å². The zero-order valence-electron chi connectivity index (χ0n) is 9.14. The van der Waals surface area contributed by atoms with E-state index in [1.54, 1.807) is 31.2 Å². The highest BCUT2D eigenvalue weighted by Crippen LogP contribution is 2.22. The molecule has 2 aromatic rings. The van der Waals surface area contributed by atoms with Gasteiger partial charge in [-0.25, -0.2) is 8.42 Å². The van der Waals surface area contributed by atoms with Crippen molar-refractivity contribution in [3.05, 3.63) is 59.1 Å². The summed E-state index contributed by atoms with van der Waals surface area (Å²) in [6, 6.07) is 13.8. The molecule has 4 heteroatoms. The van der Waals surface area contributed by atoms with E-state index in [-0.39, 0.29) is 9.79 Å². The summed E-state index contributed by atoms with van der Waals surface area (Å²) in [4.78, 5) is 0.517. The third-order valence-electron chi connectivity index (χ3n) is 2.35. The Bertz CT molecular complexity index is 631. The van der Waals surface area contributed by atoms with Gasteiger partial charge in [-0.1, -0.05) is 17.7 Å². The lowest BCUT2D eigenvalue weighted by Crippen LogP contribution is -2.01. The van der Waals surface area contributed by atoms with E-state index in [2.05, 4.69) is 6.07 Å². The van der Waals surface area contributed by atoms with Gasteiger partial charge in [-0.3, -0.25) is 0 Å². The molecule has 0 aliphatic heterocycles. The largest absolute Gasteiger partial charge is 0.219 e. The van der Waals surface area contributed by atoms with Crippen LogP contribution in [-0.2, 0) is 9.84 Å². The number of sulfone groups is 1. The quantitative estimate of drug-likeness (QED) is 0.835. The number of hydrogen-bond donors (Lipinski definition) is 0. The minimum absolute atomic E-state index is 0.243. The SMILES string of the molecule is Cc1[c]ccc(S(=O)(=O)c2ccc(Cl)cc2)c1. The molecule has 0 amide bonds. The third kappa shape index (κ3) is 2.51. The van der Waals surface area contributed by atoms with Gasteiger partial charge < -0.3 is 0 Å². The summed E-state index contributed by atoms with van der Waals surface area (Å²) >= 11 is 5.73. The topological polar surface area (TPSA) is 34.1 Å². The molecule has 0 bridgehead atoms. The second-order valence-electron chi connectivity index (χ2n) is 3.66. The number of aryl methyl sites for hydroxylation is 1. The molecule has 1 radical (unpaired) electrons. The van der Waals surface area contributed by atoms with Crippen LogP contribution < -0.4 is 0 Å². The lowest BCUT2D eigenvalue weighted by molar-refractivity contribution is 0.596. The van der Waals surface area contributed by atoms with Crippen LogP contribution >= 0.6 is 11.6 Å². The third-order valence-corrected chi connectivity index (χ3v) is 4.37. The summed E-state index contributed by atoms with van der Waals surface area (Å²) in [7, 11) is -3.46. The first-order valence-electron chi connectivity index (χ1n) is 4.99. The second-order valence-corrected chi connectivity index (χ2v) is 6.05. The maximum atomic E-state index is 12.2. The molecule has 0 heterocycles. The zero-order chi connectivity index (χ0) is 12.5. The second kappa shape index (κ2) is 4.51. The lowest BCUT2D eigenvalue weighted by atomic mass is 10.2. The number of benzene rings is 2. The van der Waals surface area contributed by atoms with E-state index >= 15 is 0 Å². The standard InChI is InChI=1S/C13H10ClO2S/c1-10-3-2-4-13(9-10)17(15,16)12-7-5-11(14)6-8-12/h2,4-9H,1H3. The van der Waals surface area contributed by atoms with Crippen LogP contribution in [-0.4, -0.2) is 8.42 Å². The first-order valence-corrected chi connectivity index (χ1v) is 6.85. The van der Waals surface area contributed by atoms with Crippen LogP contribution in [0.3, 0.4) is 0 Å². The molecule has 0 saturated heterocycles. The van der Waals surface area contributed by atoms with Crippen molar-refractivity contribution in [2.75, 3.05) is 0 Å². The molecule has 2 aromatic carbocycles. The predicted molar refractivity (Wildman–Crippen MR) is 66.9 cm³/mol. The van der Waals surface area contributed by atoms with Crippen molar-refractivity contribution in [3.63, 3.8) is 0 Å². The Balaban J connectivity index is 2.54. The molecule has 17 heavy (non-hydrogen) atoms. The number of rotatable bonds is 2. The van der Waals surface area contributed by atoms with Crippen LogP contribution in [0.25, 0.3) is 0 Å². The molecule has 0 N–H and O–H groups in total. The summed E-state index contributed by atoms with van der Waals surface area (Å²) in [6.45, 7) is 1.81. The van der Waals surface area contributed by atoms with Crippen molar-refractivity contribution < 1.29 is 8.42 Å². The molecule has 0 spiro atoms. The summed E-state index contributed by atoms with van der Waals surface area (Å²) < 4.78 is 24.5. The van der Waals surface area contributed by atoms with Crippen molar-refractivity contribution in [1.82, 2.24) is 0 Å². The molecular weight excluding hydrogens is 256 g/mol. The fourth-order valence-electron chi connectivity index (χ4n) is 1.48. The van der Waals surface area contributed by atoms with Gasteiger partial charge in [0.05, 0.1) is 9.79 Å².